The second-order valence-electron chi connectivity index (χ2n) is 8.06. The van der Waals surface area contributed by atoms with Gasteiger partial charge in [0.15, 0.2) is 11.9 Å². The first-order valence-electron chi connectivity index (χ1n) is 9.89. The molecule has 150 valence electrons. The van der Waals surface area contributed by atoms with Gasteiger partial charge in [-0.2, -0.15) is 15.5 Å². The lowest BCUT2D eigenvalue weighted by Crippen LogP contribution is -2.36. The average Bonchev–Trinajstić information content (AvgIpc) is 3.40. The highest BCUT2D eigenvalue weighted by Crippen LogP contribution is 2.27. The van der Waals surface area contributed by atoms with Crippen molar-refractivity contribution in [3.05, 3.63) is 36.3 Å². The summed E-state index contributed by atoms with van der Waals surface area (Å²) in [6, 6.07) is 6.02. The molecule has 1 saturated heterocycles. The van der Waals surface area contributed by atoms with Crippen LogP contribution in [0.4, 0.5) is 0 Å². The van der Waals surface area contributed by atoms with Crippen LogP contribution in [-0.4, -0.2) is 49.5 Å². The van der Waals surface area contributed by atoms with E-state index in [4.69, 9.17) is 5.26 Å². The number of carbonyl (C=O) groups is 1. The van der Waals surface area contributed by atoms with Gasteiger partial charge in [-0.15, -0.1) is 0 Å². The van der Waals surface area contributed by atoms with Gasteiger partial charge in [0.05, 0.1) is 11.7 Å². The Balaban J connectivity index is 1.68. The van der Waals surface area contributed by atoms with E-state index in [2.05, 4.69) is 41.6 Å². The van der Waals surface area contributed by atoms with Crippen molar-refractivity contribution < 1.29 is 4.79 Å². The molecule has 3 aromatic rings. The van der Waals surface area contributed by atoms with E-state index in [0.29, 0.717) is 24.7 Å². The van der Waals surface area contributed by atoms with Crippen molar-refractivity contribution in [1.29, 1.82) is 5.26 Å². The first-order valence-corrected chi connectivity index (χ1v) is 9.89. The van der Waals surface area contributed by atoms with Crippen molar-refractivity contribution in [2.45, 2.75) is 32.9 Å². The van der Waals surface area contributed by atoms with E-state index >= 15 is 0 Å². The SMILES string of the molecule is CC(C)Cn1nc(C(=O)NC2CCN(C#N)C2)c2ccc(-c3cnn(C)c3)cc21. The maximum absolute atomic E-state index is 13.0. The number of fused-ring (bicyclic) bond motifs is 1. The molecule has 3 heterocycles. The van der Waals surface area contributed by atoms with Crippen molar-refractivity contribution in [2.24, 2.45) is 13.0 Å². The number of hydrogen-bond donors (Lipinski definition) is 1. The van der Waals surface area contributed by atoms with Crippen LogP contribution in [0.1, 0.15) is 30.8 Å². The number of rotatable bonds is 5. The average molecular weight is 391 g/mol. The van der Waals surface area contributed by atoms with Crippen LogP contribution in [0.2, 0.25) is 0 Å². The van der Waals surface area contributed by atoms with Gasteiger partial charge >= 0.3 is 0 Å². The molecular formula is C21H25N7O. The van der Waals surface area contributed by atoms with E-state index in [-0.39, 0.29) is 11.9 Å². The number of aromatic nitrogens is 4. The molecule has 29 heavy (non-hydrogen) atoms. The lowest BCUT2D eigenvalue weighted by molar-refractivity contribution is 0.0934. The van der Waals surface area contributed by atoms with Gasteiger partial charge in [-0.3, -0.25) is 14.2 Å². The second-order valence-corrected chi connectivity index (χ2v) is 8.06. The van der Waals surface area contributed by atoms with Gasteiger partial charge in [-0.1, -0.05) is 19.9 Å². The summed E-state index contributed by atoms with van der Waals surface area (Å²) >= 11 is 0. The van der Waals surface area contributed by atoms with Gasteiger partial charge in [-0.05, 0) is 30.0 Å². The lowest BCUT2D eigenvalue weighted by Gasteiger charge is -2.11. The summed E-state index contributed by atoms with van der Waals surface area (Å²) in [7, 11) is 1.89. The topological polar surface area (TPSA) is 91.8 Å². The predicted molar refractivity (Wildman–Crippen MR) is 110 cm³/mol. The van der Waals surface area contributed by atoms with Crippen LogP contribution in [-0.2, 0) is 13.6 Å². The van der Waals surface area contributed by atoms with Crippen LogP contribution in [0.15, 0.2) is 30.6 Å². The largest absolute Gasteiger partial charge is 0.346 e. The molecule has 1 unspecified atom stereocenters. The maximum Gasteiger partial charge on any atom is 0.272 e. The maximum atomic E-state index is 13.0. The van der Waals surface area contributed by atoms with Gasteiger partial charge in [0.1, 0.15) is 0 Å². The Morgan fingerprint density at radius 1 is 1.38 bits per heavy atom. The number of nitrogens with zero attached hydrogens (tertiary/aromatic N) is 6. The smallest absolute Gasteiger partial charge is 0.272 e. The van der Waals surface area contributed by atoms with Crippen LogP contribution in [0, 0.1) is 17.4 Å². The van der Waals surface area contributed by atoms with E-state index in [0.717, 1.165) is 35.0 Å². The molecule has 0 radical (unpaired) electrons. The van der Waals surface area contributed by atoms with E-state index in [9.17, 15) is 4.79 Å². The number of aryl methyl sites for hydroxylation is 1. The van der Waals surface area contributed by atoms with Crippen molar-refractivity contribution in [1.82, 2.24) is 29.8 Å². The highest BCUT2D eigenvalue weighted by molar-refractivity contribution is 6.05. The van der Waals surface area contributed by atoms with Crippen LogP contribution in [0.5, 0.6) is 0 Å². The van der Waals surface area contributed by atoms with Gasteiger partial charge in [-0.25, -0.2) is 0 Å². The summed E-state index contributed by atoms with van der Waals surface area (Å²) in [6.07, 6.45) is 6.72. The first-order chi connectivity index (χ1) is 13.9. The molecule has 1 atom stereocenters. The summed E-state index contributed by atoms with van der Waals surface area (Å²) in [5, 5.41) is 21.8. The van der Waals surface area contributed by atoms with Crippen molar-refractivity contribution in [2.75, 3.05) is 13.1 Å². The molecule has 0 spiro atoms. The number of benzene rings is 1. The molecule has 1 aliphatic rings. The third-order valence-electron chi connectivity index (χ3n) is 5.21. The molecule has 8 nitrogen and oxygen atoms in total. The minimum atomic E-state index is -0.184. The molecule has 1 N–H and O–H groups in total. The Morgan fingerprint density at radius 3 is 2.86 bits per heavy atom. The van der Waals surface area contributed by atoms with Gasteiger partial charge in [0, 0.05) is 49.9 Å². The minimum absolute atomic E-state index is 0.0258. The van der Waals surface area contributed by atoms with E-state index in [1.165, 1.54) is 0 Å². The third-order valence-corrected chi connectivity index (χ3v) is 5.21. The minimum Gasteiger partial charge on any atom is -0.346 e. The zero-order valence-electron chi connectivity index (χ0n) is 17.0. The molecule has 1 aliphatic heterocycles. The Labute approximate surface area is 169 Å². The van der Waals surface area contributed by atoms with Gasteiger partial charge in [0.2, 0.25) is 0 Å². The second kappa shape index (κ2) is 7.59. The highest BCUT2D eigenvalue weighted by Gasteiger charge is 2.26. The van der Waals surface area contributed by atoms with Crippen LogP contribution in [0.25, 0.3) is 22.0 Å². The molecule has 0 aliphatic carbocycles. The summed E-state index contributed by atoms with van der Waals surface area (Å²) < 4.78 is 3.70. The summed E-state index contributed by atoms with van der Waals surface area (Å²) in [4.78, 5) is 14.6. The molecule has 0 saturated carbocycles. The predicted octanol–water partition coefficient (Wildman–Crippen LogP) is 2.38. The van der Waals surface area contributed by atoms with Crippen molar-refractivity contribution >= 4 is 16.8 Å². The zero-order chi connectivity index (χ0) is 20.5. The Kier molecular flexibility index (Phi) is 4.97. The van der Waals surface area contributed by atoms with Crippen LogP contribution in [0.3, 0.4) is 0 Å². The lowest BCUT2D eigenvalue weighted by atomic mass is 10.1. The summed E-state index contributed by atoms with van der Waals surface area (Å²) in [6.45, 7) is 6.23. The quantitative estimate of drug-likeness (QED) is 0.674. The monoisotopic (exact) mass is 391 g/mol. The van der Waals surface area contributed by atoms with E-state index in [1.54, 1.807) is 9.58 Å². The summed E-state index contributed by atoms with van der Waals surface area (Å²) in [5.74, 6) is 0.214. The Morgan fingerprint density at radius 2 is 2.21 bits per heavy atom. The summed E-state index contributed by atoms with van der Waals surface area (Å²) in [5.41, 5.74) is 3.45. The molecule has 8 heteroatoms. The Hall–Kier alpha value is -3.34. The molecule has 4 rings (SSSR count). The number of likely N-dealkylation sites (tertiary alicyclic amines) is 1. The van der Waals surface area contributed by atoms with E-state index < -0.39 is 0 Å². The fourth-order valence-electron chi connectivity index (χ4n) is 3.80. The van der Waals surface area contributed by atoms with Crippen molar-refractivity contribution in [3.63, 3.8) is 0 Å². The van der Waals surface area contributed by atoms with Crippen LogP contribution >= 0.6 is 0 Å². The molecule has 1 aromatic carbocycles. The Bertz CT molecular complexity index is 1090. The van der Waals surface area contributed by atoms with Crippen molar-refractivity contribution in [3.8, 4) is 17.3 Å². The first kappa shape index (κ1) is 19.0. The highest BCUT2D eigenvalue weighted by atomic mass is 16.2. The number of nitrogens with one attached hydrogen (secondary N) is 1. The number of nitriles is 1. The van der Waals surface area contributed by atoms with Gasteiger partial charge < -0.3 is 10.2 Å². The zero-order valence-corrected chi connectivity index (χ0v) is 17.0. The fourth-order valence-corrected chi connectivity index (χ4v) is 3.80. The molecule has 1 amide bonds. The van der Waals surface area contributed by atoms with Gasteiger partial charge in [0.25, 0.3) is 5.91 Å². The normalized spacial score (nSPS) is 16.5. The van der Waals surface area contributed by atoms with E-state index in [1.807, 2.05) is 36.3 Å². The number of amides is 1. The number of carbonyl (C=O) groups excluding carboxylic acids is 1. The fraction of sp³-hybridized carbons (Fsp3) is 0.429. The third kappa shape index (κ3) is 3.81. The molecular weight excluding hydrogens is 366 g/mol. The molecule has 0 bridgehead atoms. The molecule has 1 fully saturated rings. The molecule has 2 aromatic heterocycles. The standard InChI is InChI=1S/C21H25N7O/c1-14(2)10-28-19-8-15(16-9-23-26(3)11-16)4-5-18(19)20(25-28)21(29)24-17-6-7-27(12-17)13-22/h4-5,8-9,11,14,17H,6-7,10,12H2,1-3H3,(H,24,29). The number of hydrogen-bond acceptors (Lipinski definition) is 5. The van der Waals surface area contributed by atoms with Crippen LogP contribution < -0.4 is 5.32 Å².